The maximum atomic E-state index is 8.88. The van der Waals surface area contributed by atoms with Crippen molar-refractivity contribution in [3.8, 4) is 0 Å². The number of phosphoric acid groups is 1. The molecule has 0 radical (unpaired) electrons. The van der Waals surface area contributed by atoms with Crippen molar-refractivity contribution in [2.75, 3.05) is 26.4 Å². The van der Waals surface area contributed by atoms with E-state index in [1.54, 1.807) is 0 Å². The van der Waals surface area contributed by atoms with Gasteiger partial charge in [-0.3, -0.25) is 0 Å². The molecule has 0 saturated carbocycles. The van der Waals surface area contributed by atoms with E-state index in [0.717, 1.165) is 26.4 Å². The lowest BCUT2D eigenvalue weighted by atomic mass is 10.1. The van der Waals surface area contributed by atoms with Gasteiger partial charge in [-0.15, -0.1) is 0 Å². The molecule has 0 spiro atoms. The van der Waals surface area contributed by atoms with Crippen molar-refractivity contribution < 1.29 is 28.7 Å². The van der Waals surface area contributed by atoms with E-state index in [1.807, 2.05) is 0 Å². The molecule has 0 amide bonds. The third-order valence-electron chi connectivity index (χ3n) is 5.49. The minimum Gasteiger partial charge on any atom is -0.381 e. The van der Waals surface area contributed by atoms with E-state index < -0.39 is 7.82 Å². The average Bonchev–Trinajstić information content (AvgIpc) is 3.63. The summed E-state index contributed by atoms with van der Waals surface area (Å²) in [6, 6.07) is 0. The smallest absolute Gasteiger partial charge is 0.381 e. The highest BCUT2D eigenvalue weighted by Gasteiger charge is 2.00. The number of ether oxygens (including phenoxy) is 2. The summed E-state index contributed by atoms with van der Waals surface area (Å²) in [5, 5.41) is 0. The van der Waals surface area contributed by atoms with Gasteiger partial charge in [-0.2, -0.15) is 0 Å². The molecule has 1 heterocycles. The average molecular weight is 497 g/mol. The first-order chi connectivity index (χ1) is 15.9. The topological polar surface area (TPSA) is 99.5 Å². The summed E-state index contributed by atoms with van der Waals surface area (Å²) in [5.41, 5.74) is 0. The molecule has 0 unspecified atom stereocenters. The van der Waals surface area contributed by atoms with Crippen molar-refractivity contribution in [1.82, 2.24) is 0 Å². The molecule has 1 saturated heterocycles. The highest BCUT2D eigenvalue weighted by atomic mass is 31.2. The quantitative estimate of drug-likeness (QED) is 0.0799. The van der Waals surface area contributed by atoms with E-state index in [1.165, 1.54) is 128 Å². The first-order valence-corrected chi connectivity index (χ1v) is 15.4. The molecule has 1 fully saturated rings. The highest BCUT2D eigenvalue weighted by molar-refractivity contribution is 7.45. The fraction of sp³-hybridized carbons (Fsp3) is 1.00. The lowest BCUT2D eigenvalue weighted by Crippen LogP contribution is -1.97. The molecule has 0 aromatic heterocycles. The number of unbranched alkanes of at least 4 members (excludes halogenated alkanes) is 18. The van der Waals surface area contributed by atoms with E-state index in [4.69, 9.17) is 24.0 Å². The number of hydrogen-bond donors (Lipinski definition) is 3. The fourth-order valence-electron chi connectivity index (χ4n) is 3.49. The van der Waals surface area contributed by atoms with Crippen molar-refractivity contribution in [2.45, 2.75) is 142 Å². The van der Waals surface area contributed by atoms with Gasteiger partial charge >= 0.3 is 7.82 Å². The Bertz CT molecular complexity index is 354. The largest absolute Gasteiger partial charge is 0.466 e. The van der Waals surface area contributed by atoms with Gasteiger partial charge in [0.05, 0.1) is 13.2 Å². The van der Waals surface area contributed by atoms with Gasteiger partial charge in [0.15, 0.2) is 0 Å². The molecule has 6 nitrogen and oxygen atoms in total. The third kappa shape index (κ3) is 54.5. The Morgan fingerprint density at radius 2 is 0.758 bits per heavy atom. The second-order valence-corrected chi connectivity index (χ2v) is 10.1. The van der Waals surface area contributed by atoms with Crippen LogP contribution in [-0.4, -0.2) is 41.1 Å². The molecule has 33 heavy (non-hydrogen) atoms. The van der Waals surface area contributed by atoms with Gasteiger partial charge < -0.3 is 24.2 Å². The summed E-state index contributed by atoms with van der Waals surface area (Å²) in [7, 11) is -4.64. The lowest BCUT2D eigenvalue weighted by Gasteiger charge is -2.05. The van der Waals surface area contributed by atoms with Gasteiger partial charge in [0.1, 0.15) is 0 Å². The van der Waals surface area contributed by atoms with Crippen LogP contribution in [0, 0.1) is 0 Å². The molecule has 3 N–H and O–H groups in total. The van der Waals surface area contributed by atoms with Crippen LogP contribution in [0.25, 0.3) is 0 Å². The van der Waals surface area contributed by atoms with Gasteiger partial charge in [0, 0.05) is 13.2 Å². The summed E-state index contributed by atoms with van der Waals surface area (Å²) in [6.45, 7) is 8.57. The Hall–Kier alpha value is 0.0300. The van der Waals surface area contributed by atoms with Crippen molar-refractivity contribution >= 4 is 7.82 Å². The second-order valence-electron chi connectivity index (χ2n) is 9.10. The summed E-state index contributed by atoms with van der Waals surface area (Å²) < 4.78 is 19.2. The van der Waals surface area contributed by atoms with E-state index >= 15 is 0 Å². The minimum atomic E-state index is -4.64. The Morgan fingerprint density at radius 3 is 0.970 bits per heavy atom. The van der Waals surface area contributed by atoms with Crippen LogP contribution >= 0.6 is 7.82 Å². The molecule has 202 valence electrons. The first-order valence-electron chi connectivity index (χ1n) is 13.9. The standard InChI is InChI=1S/C24H50O.C2H4O.H3O4P/c1-3-5-7-9-11-13-15-17-19-21-23-25-24-22-20-18-16-14-12-10-8-6-4-2;1-2-3-1;1-5(2,3)4/h3-24H2,1-2H3;1-2H2;(H3,1,2,3,4). The first kappa shape index (κ1) is 35.2. The Morgan fingerprint density at radius 1 is 0.545 bits per heavy atom. The fourth-order valence-corrected chi connectivity index (χ4v) is 3.49. The van der Waals surface area contributed by atoms with Crippen molar-refractivity contribution in [2.24, 2.45) is 0 Å². The van der Waals surface area contributed by atoms with E-state index in [-0.39, 0.29) is 0 Å². The molecule has 0 aromatic carbocycles. The highest BCUT2D eigenvalue weighted by Crippen LogP contribution is 2.25. The molecule has 1 rings (SSSR count). The maximum absolute atomic E-state index is 8.88. The summed E-state index contributed by atoms with van der Waals surface area (Å²) >= 11 is 0. The van der Waals surface area contributed by atoms with Crippen LogP contribution in [0.15, 0.2) is 0 Å². The molecular weight excluding hydrogens is 439 g/mol. The molecule has 0 bridgehead atoms. The van der Waals surface area contributed by atoms with Gasteiger partial charge in [0.25, 0.3) is 0 Å². The van der Waals surface area contributed by atoms with Crippen LogP contribution in [0.1, 0.15) is 142 Å². The van der Waals surface area contributed by atoms with Crippen molar-refractivity contribution in [3.05, 3.63) is 0 Å². The monoisotopic (exact) mass is 496 g/mol. The lowest BCUT2D eigenvalue weighted by molar-refractivity contribution is 0.125. The van der Waals surface area contributed by atoms with Gasteiger partial charge in [-0.1, -0.05) is 129 Å². The SMILES string of the molecule is C1CO1.CCCCCCCCCCCCOCCCCCCCCCCCC.O=P(O)(O)O. The molecule has 1 aliphatic heterocycles. The number of rotatable bonds is 22. The van der Waals surface area contributed by atoms with Gasteiger partial charge in [0.2, 0.25) is 0 Å². The summed E-state index contributed by atoms with van der Waals surface area (Å²) in [6.07, 6.45) is 28.2. The number of epoxide rings is 1. The molecule has 0 aliphatic carbocycles. The minimum absolute atomic E-state index is 0.994. The van der Waals surface area contributed by atoms with E-state index in [2.05, 4.69) is 18.6 Å². The molecule has 7 heteroatoms. The maximum Gasteiger partial charge on any atom is 0.466 e. The normalized spacial score (nSPS) is 12.5. The van der Waals surface area contributed by atoms with Crippen LogP contribution in [0.5, 0.6) is 0 Å². The van der Waals surface area contributed by atoms with Crippen LogP contribution in [0.2, 0.25) is 0 Å². The molecule has 1 aliphatic rings. The predicted molar refractivity (Wildman–Crippen MR) is 140 cm³/mol. The van der Waals surface area contributed by atoms with E-state index in [9.17, 15) is 0 Å². The molecule has 0 aromatic rings. The predicted octanol–water partition coefficient (Wildman–Crippen LogP) is 7.93. The van der Waals surface area contributed by atoms with Crippen LogP contribution in [0.4, 0.5) is 0 Å². The summed E-state index contributed by atoms with van der Waals surface area (Å²) in [5.74, 6) is 0. The van der Waals surface area contributed by atoms with Crippen LogP contribution < -0.4 is 0 Å². The third-order valence-corrected chi connectivity index (χ3v) is 5.49. The zero-order valence-electron chi connectivity index (χ0n) is 22.0. The van der Waals surface area contributed by atoms with Crippen LogP contribution in [0.3, 0.4) is 0 Å². The number of hydrogen-bond acceptors (Lipinski definition) is 3. The second kappa shape index (κ2) is 30.1. The Kier molecular flexibility index (Phi) is 32.1. The zero-order chi connectivity index (χ0) is 24.9. The summed E-state index contributed by atoms with van der Waals surface area (Å²) in [4.78, 5) is 21.6. The van der Waals surface area contributed by atoms with Crippen molar-refractivity contribution in [3.63, 3.8) is 0 Å². The van der Waals surface area contributed by atoms with E-state index in [0.29, 0.717) is 0 Å². The zero-order valence-corrected chi connectivity index (χ0v) is 22.9. The van der Waals surface area contributed by atoms with Crippen LogP contribution in [-0.2, 0) is 14.0 Å². The Labute approximate surface area is 205 Å². The molecular formula is C26H57O6P. The van der Waals surface area contributed by atoms with Gasteiger partial charge in [-0.05, 0) is 12.8 Å². The Balaban J connectivity index is 0. The van der Waals surface area contributed by atoms with Gasteiger partial charge in [-0.25, -0.2) is 4.57 Å². The molecule has 0 atom stereocenters. The van der Waals surface area contributed by atoms with Crippen molar-refractivity contribution in [1.29, 1.82) is 0 Å².